The molecule has 0 aromatic heterocycles. The molecule has 0 amide bonds. The second kappa shape index (κ2) is 6.27. The minimum Gasteiger partial charge on any atom is -0.207 e. The van der Waals surface area contributed by atoms with Crippen LogP contribution >= 0.6 is 11.6 Å². The number of hydrogen-bond acceptors (Lipinski definition) is 2. The van der Waals surface area contributed by atoms with E-state index in [1.165, 1.54) is 5.56 Å². The zero-order valence-corrected chi connectivity index (χ0v) is 14.6. The summed E-state index contributed by atoms with van der Waals surface area (Å²) in [5.41, 5.74) is 1.04. The molecule has 23 heavy (non-hydrogen) atoms. The highest BCUT2D eigenvalue weighted by Gasteiger charge is 2.37. The van der Waals surface area contributed by atoms with E-state index in [2.05, 4.69) is 19.1 Å². The zero-order chi connectivity index (χ0) is 16.5. The van der Waals surface area contributed by atoms with Crippen molar-refractivity contribution in [1.82, 2.24) is 4.31 Å². The van der Waals surface area contributed by atoms with E-state index >= 15 is 0 Å². The van der Waals surface area contributed by atoms with E-state index in [1.807, 2.05) is 18.2 Å². The van der Waals surface area contributed by atoms with Crippen LogP contribution in [-0.2, 0) is 15.4 Å². The van der Waals surface area contributed by atoms with E-state index in [4.69, 9.17) is 11.6 Å². The molecule has 122 valence electrons. The summed E-state index contributed by atoms with van der Waals surface area (Å²) in [6.45, 7) is 3.21. The van der Waals surface area contributed by atoms with E-state index in [-0.39, 0.29) is 5.41 Å². The lowest BCUT2D eigenvalue weighted by atomic mass is 9.77. The average molecular weight is 350 g/mol. The van der Waals surface area contributed by atoms with Gasteiger partial charge >= 0.3 is 0 Å². The van der Waals surface area contributed by atoms with Crippen molar-refractivity contribution in [3.8, 4) is 0 Å². The fourth-order valence-corrected chi connectivity index (χ4v) is 4.96. The van der Waals surface area contributed by atoms with E-state index < -0.39 is 10.0 Å². The van der Waals surface area contributed by atoms with Gasteiger partial charge in [-0.05, 0) is 42.7 Å². The molecule has 0 N–H and O–H groups in total. The third-order valence-electron chi connectivity index (χ3n) is 4.58. The molecule has 1 saturated heterocycles. The Hall–Kier alpha value is -1.36. The van der Waals surface area contributed by atoms with E-state index in [9.17, 15) is 8.42 Å². The fourth-order valence-electron chi connectivity index (χ4n) is 3.23. The van der Waals surface area contributed by atoms with Crippen molar-refractivity contribution >= 4 is 21.6 Å². The highest BCUT2D eigenvalue weighted by atomic mass is 35.5. The molecule has 3 nitrogen and oxygen atoms in total. The minimum atomic E-state index is -3.48. The monoisotopic (exact) mass is 349 g/mol. The van der Waals surface area contributed by atoms with E-state index in [0.717, 1.165) is 12.8 Å². The Balaban J connectivity index is 1.90. The average Bonchev–Trinajstić information content (AvgIpc) is 2.56. The van der Waals surface area contributed by atoms with Crippen molar-refractivity contribution in [2.24, 2.45) is 0 Å². The topological polar surface area (TPSA) is 37.4 Å². The van der Waals surface area contributed by atoms with Gasteiger partial charge in [-0.15, -0.1) is 0 Å². The van der Waals surface area contributed by atoms with E-state index in [1.54, 1.807) is 28.6 Å². The van der Waals surface area contributed by atoms with Gasteiger partial charge in [0, 0.05) is 23.5 Å². The summed E-state index contributed by atoms with van der Waals surface area (Å²) in [4.78, 5) is 0.305. The second-order valence-electron chi connectivity index (χ2n) is 6.32. The third kappa shape index (κ3) is 3.30. The maximum Gasteiger partial charge on any atom is 0.243 e. The number of rotatable bonds is 3. The molecular weight excluding hydrogens is 330 g/mol. The highest BCUT2D eigenvalue weighted by molar-refractivity contribution is 7.89. The maximum absolute atomic E-state index is 12.9. The van der Waals surface area contributed by atoms with Crippen LogP contribution in [0.25, 0.3) is 0 Å². The summed E-state index contributed by atoms with van der Waals surface area (Å²) < 4.78 is 27.4. The smallest absolute Gasteiger partial charge is 0.207 e. The van der Waals surface area contributed by atoms with Crippen LogP contribution in [0, 0.1) is 0 Å². The summed E-state index contributed by atoms with van der Waals surface area (Å²) in [5.74, 6) is 0. The first-order chi connectivity index (χ1) is 10.9. The predicted molar refractivity (Wildman–Crippen MR) is 93.2 cm³/mol. The molecule has 1 fully saturated rings. The molecule has 0 saturated carbocycles. The molecule has 0 radical (unpaired) electrons. The fraction of sp³-hybridized carbons (Fsp3) is 0.333. The second-order valence-corrected chi connectivity index (χ2v) is 8.70. The first kappa shape index (κ1) is 16.5. The molecule has 1 heterocycles. The summed E-state index contributed by atoms with van der Waals surface area (Å²) in [7, 11) is -3.48. The lowest BCUT2D eigenvalue weighted by Gasteiger charge is -2.40. The molecular formula is C18H20ClNO2S. The van der Waals surface area contributed by atoms with Gasteiger partial charge in [0.1, 0.15) is 0 Å². The molecule has 2 aromatic carbocycles. The molecule has 2 aromatic rings. The van der Waals surface area contributed by atoms with Crippen LogP contribution < -0.4 is 0 Å². The van der Waals surface area contributed by atoms with Gasteiger partial charge in [0.05, 0.1) is 4.90 Å². The largest absolute Gasteiger partial charge is 0.243 e. The Bertz CT molecular complexity index is 774. The van der Waals surface area contributed by atoms with Crippen molar-refractivity contribution in [3.05, 3.63) is 65.2 Å². The maximum atomic E-state index is 12.9. The Morgan fingerprint density at radius 1 is 1.04 bits per heavy atom. The zero-order valence-electron chi connectivity index (χ0n) is 13.1. The Kier molecular flexibility index (Phi) is 4.50. The van der Waals surface area contributed by atoms with Crippen LogP contribution in [0.1, 0.15) is 25.3 Å². The highest BCUT2D eigenvalue weighted by Crippen LogP contribution is 2.35. The Labute approximate surface area is 142 Å². The number of piperidine rings is 1. The molecule has 1 unspecified atom stereocenters. The first-order valence-electron chi connectivity index (χ1n) is 7.73. The molecule has 1 aliphatic rings. The van der Waals surface area contributed by atoms with Gasteiger partial charge in [-0.2, -0.15) is 4.31 Å². The molecule has 1 atom stereocenters. The van der Waals surface area contributed by atoms with Crippen LogP contribution in [0.15, 0.2) is 59.5 Å². The standard InChI is InChI=1S/C18H20ClNO2S/c1-18(15-6-3-2-4-7-15)12-5-13-20(14-18)23(21,22)17-10-8-16(19)9-11-17/h2-4,6-11H,5,12-14H2,1H3. The van der Waals surface area contributed by atoms with Crippen molar-refractivity contribution in [2.45, 2.75) is 30.1 Å². The van der Waals surface area contributed by atoms with Crippen LogP contribution in [0.2, 0.25) is 5.02 Å². The molecule has 1 aliphatic heterocycles. The Morgan fingerprint density at radius 3 is 2.35 bits per heavy atom. The van der Waals surface area contributed by atoms with Gasteiger partial charge in [-0.1, -0.05) is 48.9 Å². The number of nitrogens with zero attached hydrogens (tertiary/aromatic N) is 1. The quantitative estimate of drug-likeness (QED) is 0.837. The van der Waals surface area contributed by atoms with Gasteiger partial charge in [0.2, 0.25) is 10.0 Å². The van der Waals surface area contributed by atoms with Gasteiger partial charge in [-0.25, -0.2) is 8.42 Å². The van der Waals surface area contributed by atoms with E-state index in [0.29, 0.717) is 23.0 Å². The number of sulfonamides is 1. The van der Waals surface area contributed by atoms with Crippen molar-refractivity contribution < 1.29 is 8.42 Å². The first-order valence-corrected chi connectivity index (χ1v) is 9.55. The summed E-state index contributed by atoms with van der Waals surface area (Å²) in [5, 5.41) is 0.539. The lowest BCUT2D eigenvalue weighted by Crippen LogP contribution is -2.46. The van der Waals surface area contributed by atoms with Crippen LogP contribution in [0.5, 0.6) is 0 Å². The van der Waals surface area contributed by atoms with Gasteiger partial charge in [0.15, 0.2) is 0 Å². The van der Waals surface area contributed by atoms with Crippen LogP contribution in [0.3, 0.4) is 0 Å². The van der Waals surface area contributed by atoms with Crippen LogP contribution in [0.4, 0.5) is 0 Å². The summed E-state index contributed by atoms with van der Waals surface area (Å²) in [6, 6.07) is 16.6. The number of benzene rings is 2. The molecule has 0 spiro atoms. The van der Waals surface area contributed by atoms with Gasteiger partial charge < -0.3 is 0 Å². The SMILES string of the molecule is CC1(c2ccccc2)CCCN(S(=O)(=O)c2ccc(Cl)cc2)C1. The van der Waals surface area contributed by atoms with Crippen LogP contribution in [-0.4, -0.2) is 25.8 Å². The van der Waals surface area contributed by atoms with Crippen molar-refractivity contribution in [2.75, 3.05) is 13.1 Å². The molecule has 5 heteroatoms. The van der Waals surface area contributed by atoms with Gasteiger partial charge in [-0.3, -0.25) is 0 Å². The normalized spacial score (nSPS) is 22.9. The minimum absolute atomic E-state index is 0.154. The summed E-state index contributed by atoms with van der Waals surface area (Å²) >= 11 is 5.86. The number of hydrogen-bond donors (Lipinski definition) is 0. The predicted octanol–water partition coefficient (Wildman–Crippen LogP) is 4.08. The molecule has 0 bridgehead atoms. The van der Waals surface area contributed by atoms with Crippen molar-refractivity contribution in [3.63, 3.8) is 0 Å². The third-order valence-corrected chi connectivity index (χ3v) is 6.69. The molecule has 0 aliphatic carbocycles. The van der Waals surface area contributed by atoms with Gasteiger partial charge in [0.25, 0.3) is 0 Å². The lowest BCUT2D eigenvalue weighted by molar-refractivity contribution is 0.240. The number of halogens is 1. The van der Waals surface area contributed by atoms with Crippen molar-refractivity contribution in [1.29, 1.82) is 0 Å². The molecule has 3 rings (SSSR count). The summed E-state index contributed by atoms with van der Waals surface area (Å²) in [6.07, 6.45) is 1.85. The Morgan fingerprint density at radius 2 is 1.70 bits per heavy atom.